The second-order valence-electron chi connectivity index (χ2n) is 8.99. The maximum absolute atomic E-state index is 13.0. The summed E-state index contributed by atoms with van der Waals surface area (Å²) in [6.45, 7) is 5.07. The van der Waals surface area contributed by atoms with Crippen LogP contribution >= 0.6 is 23.1 Å². The Bertz CT molecular complexity index is 1230. The lowest BCUT2D eigenvalue weighted by Gasteiger charge is -2.25. The average Bonchev–Trinajstić information content (AvgIpc) is 3.40. The van der Waals surface area contributed by atoms with Gasteiger partial charge < -0.3 is 9.88 Å². The van der Waals surface area contributed by atoms with Crippen LogP contribution in [0.15, 0.2) is 23.0 Å². The van der Waals surface area contributed by atoms with Crippen molar-refractivity contribution in [1.29, 1.82) is 0 Å². The highest BCUT2D eigenvalue weighted by molar-refractivity contribution is 7.99. The maximum Gasteiger partial charge on any atom is 0.259 e. The van der Waals surface area contributed by atoms with E-state index < -0.39 is 0 Å². The van der Waals surface area contributed by atoms with E-state index >= 15 is 0 Å². The van der Waals surface area contributed by atoms with E-state index in [2.05, 4.69) is 37.0 Å². The third-order valence-electron chi connectivity index (χ3n) is 6.83. The van der Waals surface area contributed by atoms with E-state index in [0.717, 1.165) is 48.9 Å². The van der Waals surface area contributed by atoms with Gasteiger partial charge in [-0.3, -0.25) is 9.59 Å². The Morgan fingerprint density at radius 1 is 1.22 bits per heavy atom. The minimum absolute atomic E-state index is 0.0225. The summed E-state index contributed by atoms with van der Waals surface area (Å²) in [7, 11) is 0. The van der Waals surface area contributed by atoms with Crippen molar-refractivity contribution in [3.63, 3.8) is 0 Å². The first-order valence-electron chi connectivity index (χ1n) is 11.5. The Morgan fingerprint density at radius 2 is 2.06 bits per heavy atom. The molecule has 1 aliphatic carbocycles. The highest BCUT2D eigenvalue weighted by Crippen LogP contribution is 2.35. The number of amides is 1. The number of aryl methyl sites for hydroxylation is 4. The van der Waals surface area contributed by atoms with E-state index in [9.17, 15) is 9.59 Å². The Balaban J connectivity index is 1.25. The van der Waals surface area contributed by atoms with Gasteiger partial charge in [0.25, 0.3) is 5.56 Å². The fourth-order valence-electron chi connectivity index (χ4n) is 4.98. The Morgan fingerprint density at radius 3 is 2.91 bits per heavy atom. The minimum atomic E-state index is -0.0225. The second kappa shape index (κ2) is 9.02. The topological polar surface area (TPSA) is 66.1 Å². The van der Waals surface area contributed by atoms with Gasteiger partial charge in [0, 0.05) is 11.4 Å². The van der Waals surface area contributed by atoms with Gasteiger partial charge in [0.15, 0.2) is 0 Å². The van der Waals surface area contributed by atoms with Gasteiger partial charge in [-0.25, -0.2) is 4.98 Å². The number of fused-ring (bicyclic) bond motifs is 3. The summed E-state index contributed by atoms with van der Waals surface area (Å²) in [5.74, 6) is 1.79. The number of likely N-dealkylation sites (tertiary alicyclic amines) is 1. The van der Waals surface area contributed by atoms with Gasteiger partial charge in [-0.15, -0.1) is 23.1 Å². The number of hydrogen-bond donors (Lipinski definition) is 1. The van der Waals surface area contributed by atoms with E-state index in [1.165, 1.54) is 45.3 Å². The van der Waals surface area contributed by atoms with Crippen LogP contribution in [0.1, 0.15) is 64.7 Å². The van der Waals surface area contributed by atoms with Crippen LogP contribution in [0, 0.1) is 13.8 Å². The van der Waals surface area contributed by atoms with Gasteiger partial charge in [-0.1, -0.05) is 18.2 Å². The quantitative estimate of drug-likeness (QED) is 0.568. The number of thiophene rings is 1. The van der Waals surface area contributed by atoms with Crippen LogP contribution in [0.2, 0.25) is 0 Å². The van der Waals surface area contributed by atoms with Gasteiger partial charge in [0.05, 0.1) is 22.9 Å². The fourth-order valence-corrected chi connectivity index (χ4v) is 7.03. The van der Waals surface area contributed by atoms with E-state index in [4.69, 9.17) is 4.98 Å². The molecule has 1 fully saturated rings. The number of carbonyl (C=O) groups excluding carboxylic acids is 1. The van der Waals surface area contributed by atoms with Gasteiger partial charge in [-0.2, -0.15) is 0 Å². The largest absolute Gasteiger partial charge is 0.335 e. The van der Waals surface area contributed by atoms with Crippen molar-refractivity contribution in [2.45, 2.75) is 64.2 Å². The molecule has 1 N–H and O–H groups in total. The molecule has 0 spiro atoms. The lowest BCUT2D eigenvalue weighted by Crippen LogP contribution is -2.32. The SMILES string of the molecule is Cc1ccc(C2CCCN2C(=O)CSCc2nc3sc4c(c3c(=O)[nH]2)CCCC4)cc1C. The summed E-state index contributed by atoms with van der Waals surface area (Å²) in [6, 6.07) is 6.72. The molecule has 2 aliphatic rings. The number of thioether (sulfide) groups is 1. The van der Waals surface area contributed by atoms with Crippen molar-refractivity contribution in [2.24, 2.45) is 0 Å². The first kappa shape index (κ1) is 21.7. The maximum atomic E-state index is 13.0. The van der Waals surface area contributed by atoms with Crippen molar-refractivity contribution in [1.82, 2.24) is 14.9 Å². The van der Waals surface area contributed by atoms with Gasteiger partial charge >= 0.3 is 0 Å². The lowest BCUT2D eigenvalue weighted by molar-refractivity contribution is -0.129. The van der Waals surface area contributed by atoms with E-state index in [1.54, 1.807) is 11.3 Å². The van der Waals surface area contributed by atoms with Crippen LogP contribution in [0.25, 0.3) is 10.2 Å². The van der Waals surface area contributed by atoms with Gasteiger partial charge in [-0.05, 0) is 74.6 Å². The molecule has 2 aromatic heterocycles. The number of carbonyl (C=O) groups is 1. The molecule has 32 heavy (non-hydrogen) atoms. The second-order valence-corrected chi connectivity index (χ2v) is 11.1. The van der Waals surface area contributed by atoms with E-state index in [-0.39, 0.29) is 17.5 Å². The first-order valence-corrected chi connectivity index (χ1v) is 13.5. The van der Waals surface area contributed by atoms with Crippen LogP contribution in [0.4, 0.5) is 0 Å². The molecule has 5 rings (SSSR count). The Hall–Kier alpha value is -2.12. The van der Waals surface area contributed by atoms with Gasteiger partial charge in [0.1, 0.15) is 10.7 Å². The van der Waals surface area contributed by atoms with E-state index in [0.29, 0.717) is 17.3 Å². The molecule has 1 unspecified atom stereocenters. The molecule has 1 aromatic carbocycles. The van der Waals surface area contributed by atoms with Gasteiger partial charge in [0.2, 0.25) is 5.91 Å². The lowest BCUT2D eigenvalue weighted by atomic mass is 9.97. The predicted octanol–water partition coefficient (Wildman–Crippen LogP) is 5.08. The normalized spacial score (nSPS) is 18.3. The van der Waals surface area contributed by atoms with Crippen LogP contribution < -0.4 is 5.56 Å². The molecule has 0 radical (unpaired) electrons. The molecule has 0 saturated carbocycles. The summed E-state index contributed by atoms with van der Waals surface area (Å²) < 4.78 is 0. The van der Waals surface area contributed by atoms with Crippen LogP contribution in [-0.4, -0.2) is 33.1 Å². The molecule has 168 valence electrons. The molecule has 1 aliphatic heterocycles. The average molecular weight is 468 g/mol. The molecule has 7 heteroatoms. The predicted molar refractivity (Wildman–Crippen MR) is 133 cm³/mol. The highest BCUT2D eigenvalue weighted by Gasteiger charge is 2.30. The minimum Gasteiger partial charge on any atom is -0.335 e. The van der Waals surface area contributed by atoms with Crippen LogP contribution in [0.5, 0.6) is 0 Å². The van der Waals surface area contributed by atoms with Crippen molar-refractivity contribution >= 4 is 39.2 Å². The standard InChI is InChI=1S/C25H29N3O2S2/c1-15-9-10-17(12-16(15)2)19-7-5-11-28(19)22(29)14-31-13-21-26-24(30)23-18-6-3-4-8-20(18)32-25(23)27-21/h9-10,12,19H,3-8,11,13-14H2,1-2H3,(H,26,27,30). The summed E-state index contributed by atoms with van der Waals surface area (Å²) in [5, 5.41) is 0.794. The fraction of sp³-hybridized carbons (Fsp3) is 0.480. The third-order valence-corrected chi connectivity index (χ3v) is 8.94. The van der Waals surface area contributed by atoms with Crippen LogP contribution in [0.3, 0.4) is 0 Å². The zero-order valence-electron chi connectivity index (χ0n) is 18.7. The van der Waals surface area contributed by atoms with E-state index in [1.807, 2.05) is 4.90 Å². The third kappa shape index (κ3) is 4.13. The number of nitrogens with zero attached hydrogens (tertiary/aromatic N) is 2. The number of aromatic nitrogens is 2. The van der Waals surface area contributed by atoms with Crippen molar-refractivity contribution in [3.8, 4) is 0 Å². The molecular formula is C25H29N3O2S2. The summed E-state index contributed by atoms with van der Waals surface area (Å²) in [6.07, 6.45) is 6.46. The Labute approximate surface area is 196 Å². The smallest absolute Gasteiger partial charge is 0.259 e. The summed E-state index contributed by atoms with van der Waals surface area (Å²) in [4.78, 5) is 37.6. The summed E-state index contributed by atoms with van der Waals surface area (Å²) >= 11 is 3.21. The molecule has 3 heterocycles. The van der Waals surface area contributed by atoms with Crippen molar-refractivity contribution in [2.75, 3.05) is 12.3 Å². The first-order chi connectivity index (χ1) is 15.5. The monoisotopic (exact) mass is 467 g/mol. The zero-order chi connectivity index (χ0) is 22.2. The number of aromatic amines is 1. The number of H-pyrrole nitrogens is 1. The van der Waals surface area contributed by atoms with Crippen LogP contribution in [-0.2, 0) is 23.4 Å². The van der Waals surface area contributed by atoms with Crippen molar-refractivity contribution in [3.05, 3.63) is 61.5 Å². The molecular weight excluding hydrogens is 438 g/mol. The molecule has 1 saturated heterocycles. The number of benzene rings is 1. The summed E-state index contributed by atoms with van der Waals surface area (Å²) in [5.41, 5.74) is 4.99. The number of hydrogen-bond acceptors (Lipinski definition) is 5. The number of rotatable bonds is 5. The zero-order valence-corrected chi connectivity index (χ0v) is 20.3. The molecule has 3 aromatic rings. The molecule has 1 amide bonds. The number of nitrogens with one attached hydrogen (secondary N) is 1. The molecule has 5 nitrogen and oxygen atoms in total. The Kier molecular flexibility index (Phi) is 6.12. The molecule has 1 atom stereocenters. The van der Waals surface area contributed by atoms with Crippen molar-refractivity contribution < 1.29 is 4.79 Å². The highest BCUT2D eigenvalue weighted by atomic mass is 32.2. The molecule has 0 bridgehead atoms.